The van der Waals surface area contributed by atoms with E-state index in [1.54, 1.807) is 32.4 Å². The molecule has 162 valence electrons. The average Bonchev–Trinajstić information content (AvgIpc) is 2.73. The van der Waals surface area contributed by atoms with Crippen molar-refractivity contribution in [2.75, 3.05) is 12.5 Å². The van der Waals surface area contributed by atoms with E-state index in [1.165, 1.54) is 0 Å². The van der Waals surface area contributed by atoms with Gasteiger partial charge in [-0.2, -0.15) is 0 Å². The Morgan fingerprint density at radius 3 is 2.23 bits per heavy atom. The highest BCUT2D eigenvalue weighted by Crippen LogP contribution is 2.34. The van der Waals surface area contributed by atoms with E-state index in [0.29, 0.717) is 30.0 Å². The number of hydrogen-bond donors (Lipinski definition) is 2. The van der Waals surface area contributed by atoms with Crippen LogP contribution in [-0.2, 0) is 5.60 Å². The molecule has 3 rings (SSSR count). The second-order valence-electron chi connectivity index (χ2n) is 7.97. The smallest absolute Gasteiger partial charge is 0.159 e. The van der Waals surface area contributed by atoms with Crippen molar-refractivity contribution in [2.24, 2.45) is 5.92 Å². The summed E-state index contributed by atoms with van der Waals surface area (Å²) in [5.41, 5.74) is 2.56. The van der Waals surface area contributed by atoms with Gasteiger partial charge in [0.1, 0.15) is 5.60 Å². The molecule has 0 bridgehead atoms. The molecule has 0 radical (unpaired) electrons. The molecule has 2 N–H and O–H groups in total. The molecule has 0 aliphatic rings. The second kappa shape index (κ2) is 10.1. The van der Waals surface area contributed by atoms with Gasteiger partial charge in [0.05, 0.1) is 23.4 Å². The van der Waals surface area contributed by atoms with Crippen molar-refractivity contribution >= 4 is 28.2 Å². The van der Waals surface area contributed by atoms with E-state index in [0.717, 1.165) is 34.1 Å². The highest BCUT2D eigenvalue weighted by molar-refractivity contribution is 6.34. The van der Waals surface area contributed by atoms with E-state index < -0.39 is 5.60 Å². The average molecular weight is 433 g/mol. The first-order valence-corrected chi connectivity index (χ1v) is 10.4. The van der Waals surface area contributed by atoms with Crippen LogP contribution >= 0.6 is 11.6 Å². The van der Waals surface area contributed by atoms with Crippen molar-refractivity contribution < 1.29 is 9.50 Å². The summed E-state index contributed by atoms with van der Waals surface area (Å²) in [5.74, 6) is 0.877. The van der Waals surface area contributed by atoms with Gasteiger partial charge >= 0.3 is 0 Å². The summed E-state index contributed by atoms with van der Waals surface area (Å²) in [6.07, 6.45) is 6.16. The molecule has 7 heteroatoms. The number of nitrogens with one attached hydrogen (secondary N) is 1. The summed E-state index contributed by atoms with van der Waals surface area (Å²) in [4.78, 5) is 13.1. The lowest BCUT2D eigenvalue weighted by atomic mass is 10.00. The van der Waals surface area contributed by atoms with Crippen LogP contribution in [0.1, 0.15) is 46.9 Å². The molecule has 1 aromatic carbocycles. The lowest BCUT2D eigenvalue weighted by Crippen LogP contribution is -2.24. The molecule has 0 aliphatic carbocycles. The zero-order valence-electron chi connectivity index (χ0n) is 18.4. The van der Waals surface area contributed by atoms with Gasteiger partial charge in [-0.05, 0) is 43.9 Å². The quantitative estimate of drug-likeness (QED) is 0.499. The standard InChI is InChI=1S/C22H27ClN4O.CH3F/c1-6-18(13(2)3)27-20-16-9-14(7-8-19(16)24-12-17(20)23)15-10-25-21(26-11-15)22(4,5)28;1-2/h7-13,18,28H,6H2,1-5H3,(H,24,27);1H3. The Labute approximate surface area is 182 Å². The molecule has 0 amide bonds. The Bertz CT molecular complexity index is 971. The largest absolute Gasteiger partial charge is 0.382 e. The minimum atomic E-state index is -1.07. The highest BCUT2D eigenvalue weighted by Gasteiger charge is 2.19. The zero-order valence-corrected chi connectivity index (χ0v) is 19.1. The fraction of sp³-hybridized carbons (Fsp3) is 0.435. The van der Waals surface area contributed by atoms with Gasteiger partial charge in [-0.1, -0.05) is 38.4 Å². The lowest BCUT2D eigenvalue weighted by molar-refractivity contribution is 0.0687. The first-order valence-electron chi connectivity index (χ1n) is 9.98. The third kappa shape index (κ3) is 5.43. The van der Waals surface area contributed by atoms with Gasteiger partial charge in [0.15, 0.2) is 5.82 Å². The minimum Gasteiger partial charge on any atom is -0.382 e. The zero-order chi connectivity index (χ0) is 22.5. The van der Waals surface area contributed by atoms with Gasteiger partial charge in [-0.3, -0.25) is 9.37 Å². The van der Waals surface area contributed by atoms with Gasteiger partial charge < -0.3 is 10.4 Å². The summed E-state index contributed by atoms with van der Waals surface area (Å²) in [7, 11) is 0.500. The summed E-state index contributed by atoms with van der Waals surface area (Å²) in [5, 5.41) is 15.2. The van der Waals surface area contributed by atoms with E-state index in [9.17, 15) is 9.50 Å². The van der Waals surface area contributed by atoms with Crippen LogP contribution in [0.2, 0.25) is 5.02 Å². The number of pyridine rings is 1. The van der Waals surface area contributed by atoms with Crippen LogP contribution in [0.25, 0.3) is 22.0 Å². The molecular weight excluding hydrogens is 403 g/mol. The number of anilines is 1. The molecule has 0 spiro atoms. The van der Waals surface area contributed by atoms with Crippen molar-refractivity contribution in [3.05, 3.63) is 47.6 Å². The predicted molar refractivity (Wildman–Crippen MR) is 123 cm³/mol. The van der Waals surface area contributed by atoms with Crippen LogP contribution in [0.4, 0.5) is 10.1 Å². The molecule has 1 unspecified atom stereocenters. The van der Waals surface area contributed by atoms with Crippen LogP contribution in [0, 0.1) is 5.92 Å². The van der Waals surface area contributed by atoms with Crippen molar-refractivity contribution in [1.29, 1.82) is 0 Å². The molecule has 3 aromatic rings. The fourth-order valence-corrected chi connectivity index (χ4v) is 3.42. The molecule has 2 aromatic heterocycles. The summed E-state index contributed by atoms with van der Waals surface area (Å²) in [6, 6.07) is 6.36. The van der Waals surface area contributed by atoms with Crippen LogP contribution in [0.15, 0.2) is 36.8 Å². The van der Waals surface area contributed by atoms with Gasteiger partial charge in [-0.15, -0.1) is 0 Å². The first-order chi connectivity index (χ1) is 14.2. The molecular formula is C23H30ClFN4O. The van der Waals surface area contributed by atoms with Gasteiger partial charge in [0.25, 0.3) is 0 Å². The maximum atomic E-state index is 10.1. The Morgan fingerprint density at radius 2 is 1.70 bits per heavy atom. The van der Waals surface area contributed by atoms with Crippen molar-refractivity contribution in [3.63, 3.8) is 0 Å². The number of nitrogens with zero attached hydrogens (tertiary/aromatic N) is 3. The number of fused-ring (bicyclic) bond motifs is 1. The first kappa shape index (κ1) is 24.0. The summed E-state index contributed by atoms with van der Waals surface area (Å²) >= 11 is 6.50. The fourth-order valence-electron chi connectivity index (χ4n) is 3.21. The van der Waals surface area contributed by atoms with Gasteiger partial charge in [-0.25, -0.2) is 9.97 Å². The third-order valence-corrected chi connectivity index (χ3v) is 5.21. The van der Waals surface area contributed by atoms with Crippen LogP contribution < -0.4 is 5.32 Å². The molecule has 30 heavy (non-hydrogen) atoms. The maximum absolute atomic E-state index is 10.1. The predicted octanol–water partition coefficient (Wildman–Crippen LogP) is 6.00. The Hall–Kier alpha value is -2.31. The molecule has 0 saturated heterocycles. The van der Waals surface area contributed by atoms with E-state index in [4.69, 9.17) is 11.6 Å². The Balaban J connectivity index is 0.00000155. The van der Waals surface area contributed by atoms with Crippen LogP contribution in [-0.4, -0.2) is 33.3 Å². The van der Waals surface area contributed by atoms with Crippen LogP contribution in [0.5, 0.6) is 0 Å². The monoisotopic (exact) mass is 432 g/mol. The number of aromatic nitrogens is 3. The molecule has 0 fully saturated rings. The maximum Gasteiger partial charge on any atom is 0.159 e. The minimum absolute atomic E-state index is 0.321. The SMILES string of the molecule is CCC(Nc1c(Cl)cnc2ccc(-c3cnc(C(C)(C)O)nc3)cc12)C(C)C.CF. The van der Waals surface area contributed by atoms with Crippen molar-refractivity contribution in [1.82, 2.24) is 15.0 Å². The van der Waals surface area contributed by atoms with Crippen LogP contribution in [0.3, 0.4) is 0 Å². The lowest BCUT2D eigenvalue weighted by Gasteiger charge is -2.23. The molecule has 0 saturated carbocycles. The normalized spacial score (nSPS) is 12.5. The third-order valence-electron chi connectivity index (χ3n) is 4.93. The number of alkyl halides is 1. The Morgan fingerprint density at radius 1 is 1.07 bits per heavy atom. The van der Waals surface area contributed by atoms with Gasteiger partial charge in [0.2, 0.25) is 0 Å². The van der Waals surface area contributed by atoms with E-state index >= 15 is 0 Å². The topological polar surface area (TPSA) is 70.9 Å². The number of rotatable bonds is 6. The Kier molecular flexibility index (Phi) is 8.10. The number of benzene rings is 1. The van der Waals surface area contributed by atoms with Crippen molar-refractivity contribution in [2.45, 2.75) is 52.7 Å². The molecule has 0 aliphatic heterocycles. The number of hydrogen-bond acceptors (Lipinski definition) is 5. The summed E-state index contributed by atoms with van der Waals surface area (Å²) < 4.78 is 9.50. The number of halogens is 2. The molecule has 5 nitrogen and oxygen atoms in total. The number of aliphatic hydroxyl groups is 1. The molecule has 2 heterocycles. The second-order valence-corrected chi connectivity index (χ2v) is 8.38. The summed E-state index contributed by atoms with van der Waals surface area (Å²) in [6.45, 7) is 9.91. The van der Waals surface area contributed by atoms with E-state index in [-0.39, 0.29) is 0 Å². The van der Waals surface area contributed by atoms with E-state index in [1.807, 2.05) is 12.1 Å². The van der Waals surface area contributed by atoms with Gasteiger partial charge in [0, 0.05) is 35.6 Å². The van der Waals surface area contributed by atoms with E-state index in [2.05, 4.69) is 47.1 Å². The molecule has 1 atom stereocenters. The van der Waals surface area contributed by atoms with Crippen molar-refractivity contribution in [3.8, 4) is 11.1 Å². The highest BCUT2D eigenvalue weighted by atomic mass is 35.5.